The maximum absolute atomic E-state index is 13.7. The highest BCUT2D eigenvalue weighted by Crippen LogP contribution is 2.34. The summed E-state index contributed by atoms with van der Waals surface area (Å²) in [6.07, 6.45) is -0.110. The summed E-state index contributed by atoms with van der Waals surface area (Å²) in [7, 11) is 0. The van der Waals surface area contributed by atoms with Gasteiger partial charge in [0.2, 0.25) is 0 Å². The molecular weight excluding hydrogens is 709 g/mol. The first-order valence-electron chi connectivity index (χ1n) is 18.2. The molecule has 0 aliphatic heterocycles. The van der Waals surface area contributed by atoms with Gasteiger partial charge in [-0.15, -0.1) is 0 Å². The average molecular weight is 751 g/mol. The second-order valence-corrected chi connectivity index (χ2v) is 12.8. The number of carboxylic acid groups (broad SMARTS) is 1. The average Bonchev–Trinajstić information content (AvgIpc) is 3.24. The molecule has 284 valence electrons. The zero-order valence-electron chi connectivity index (χ0n) is 30.6. The molecule has 2 amide bonds. The van der Waals surface area contributed by atoms with Gasteiger partial charge in [0.1, 0.15) is 32.5 Å². The Morgan fingerprint density at radius 1 is 0.464 bits per heavy atom. The molecule has 0 saturated heterocycles. The van der Waals surface area contributed by atoms with Gasteiger partial charge in [0.05, 0.1) is 11.1 Å². The molecule has 6 aromatic rings. The van der Waals surface area contributed by atoms with E-state index in [-0.39, 0.29) is 62.0 Å². The Labute approximate surface area is 325 Å². The first-order chi connectivity index (χ1) is 27.4. The van der Waals surface area contributed by atoms with Crippen LogP contribution in [0.2, 0.25) is 0 Å². The summed E-state index contributed by atoms with van der Waals surface area (Å²) in [6, 6.07) is 46.8. The van der Waals surface area contributed by atoms with Gasteiger partial charge in [-0.05, 0) is 52.9 Å². The Bertz CT molecular complexity index is 2180. The van der Waals surface area contributed by atoms with Crippen LogP contribution in [0, 0.1) is 0 Å². The lowest BCUT2D eigenvalue weighted by molar-refractivity contribution is -0.139. The summed E-state index contributed by atoms with van der Waals surface area (Å²) in [6.45, 7) is 0.758. The van der Waals surface area contributed by atoms with Crippen LogP contribution in [-0.4, -0.2) is 35.5 Å². The van der Waals surface area contributed by atoms with Gasteiger partial charge >= 0.3 is 5.97 Å². The summed E-state index contributed by atoms with van der Waals surface area (Å²) in [5, 5.41) is 15.5. The van der Waals surface area contributed by atoms with Gasteiger partial charge in [-0.2, -0.15) is 0 Å². The van der Waals surface area contributed by atoms with Crippen molar-refractivity contribution in [2.24, 2.45) is 0 Å². The lowest BCUT2D eigenvalue weighted by atomic mass is 10.1. The highest BCUT2D eigenvalue weighted by molar-refractivity contribution is 6.00. The number of amides is 2. The predicted molar refractivity (Wildman–Crippen MR) is 212 cm³/mol. The van der Waals surface area contributed by atoms with Crippen molar-refractivity contribution in [2.75, 3.05) is 6.54 Å². The summed E-state index contributed by atoms with van der Waals surface area (Å²) in [5.41, 5.74) is 3.96. The quantitative estimate of drug-likeness (QED) is 0.0759. The first-order valence-corrected chi connectivity index (χ1v) is 18.2. The standard InChI is InChI=1S/C46H42N2O8/c49-44(37-23-13-25-40(53-29-33-15-5-1-6-16-33)42(37)55-31-35-19-9-3-10-20-35)47-28-27-39(46(51)52)48-45(50)38-24-14-26-41(54-30-34-17-7-2-8-18-34)43(38)56-32-36-21-11-4-12-22-36/h1-26,39H,27-32H2,(H,47,49)(H,48,50)(H,51,52)/t39-/m1/s1. The van der Waals surface area contributed by atoms with Crippen LogP contribution in [0.1, 0.15) is 49.4 Å². The molecule has 56 heavy (non-hydrogen) atoms. The van der Waals surface area contributed by atoms with Crippen molar-refractivity contribution in [2.45, 2.75) is 38.9 Å². The van der Waals surface area contributed by atoms with E-state index in [1.165, 1.54) is 0 Å². The van der Waals surface area contributed by atoms with Crippen LogP contribution >= 0.6 is 0 Å². The van der Waals surface area contributed by atoms with Gasteiger partial charge in [-0.25, -0.2) is 4.79 Å². The molecule has 0 unspecified atom stereocenters. The Balaban J connectivity index is 1.14. The zero-order valence-corrected chi connectivity index (χ0v) is 30.6. The largest absolute Gasteiger partial charge is 0.485 e. The van der Waals surface area contributed by atoms with Gasteiger partial charge in [-0.1, -0.05) is 133 Å². The van der Waals surface area contributed by atoms with Gasteiger partial charge in [-0.3, -0.25) is 9.59 Å². The first kappa shape index (κ1) is 38.6. The Hall–Kier alpha value is -7.07. The number of rotatable bonds is 19. The van der Waals surface area contributed by atoms with Crippen molar-refractivity contribution in [3.8, 4) is 23.0 Å². The lowest BCUT2D eigenvalue weighted by Gasteiger charge is -2.19. The molecule has 0 heterocycles. The molecular formula is C46H42N2O8. The van der Waals surface area contributed by atoms with Crippen molar-refractivity contribution in [1.82, 2.24) is 10.6 Å². The maximum atomic E-state index is 13.7. The van der Waals surface area contributed by atoms with Crippen LogP contribution in [0.3, 0.4) is 0 Å². The molecule has 0 saturated carbocycles. The number of carboxylic acids is 1. The number of ether oxygens (including phenoxy) is 4. The van der Waals surface area contributed by atoms with E-state index in [1.54, 1.807) is 36.4 Å². The number of carbonyl (C=O) groups excluding carboxylic acids is 2. The van der Waals surface area contributed by atoms with Crippen LogP contribution < -0.4 is 29.6 Å². The summed E-state index contributed by atoms with van der Waals surface area (Å²) < 4.78 is 24.6. The molecule has 0 spiro atoms. The molecule has 0 aliphatic rings. The number of carbonyl (C=O) groups is 3. The molecule has 6 aromatic carbocycles. The second kappa shape index (κ2) is 19.8. The highest BCUT2D eigenvalue weighted by Gasteiger charge is 2.25. The van der Waals surface area contributed by atoms with E-state index in [0.29, 0.717) is 11.5 Å². The Morgan fingerprint density at radius 2 is 0.839 bits per heavy atom. The SMILES string of the molecule is O=C(NCC[C@@H](NC(=O)c1cccc(OCc2ccccc2)c1OCc1ccccc1)C(=O)O)c1cccc(OCc2ccccc2)c1OCc1ccccc1. The molecule has 0 aliphatic carbocycles. The van der Waals surface area contributed by atoms with Crippen molar-refractivity contribution in [3.63, 3.8) is 0 Å². The number of benzene rings is 6. The smallest absolute Gasteiger partial charge is 0.326 e. The maximum Gasteiger partial charge on any atom is 0.326 e. The molecule has 6 rings (SSSR count). The van der Waals surface area contributed by atoms with Crippen molar-refractivity contribution < 1.29 is 38.4 Å². The van der Waals surface area contributed by atoms with Crippen molar-refractivity contribution in [1.29, 1.82) is 0 Å². The fraction of sp³-hybridized carbons (Fsp3) is 0.152. The molecule has 0 bridgehead atoms. The van der Waals surface area contributed by atoms with Gasteiger partial charge in [0.15, 0.2) is 23.0 Å². The molecule has 3 N–H and O–H groups in total. The van der Waals surface area contributed by atoms with E-state index in [4.69, 9.17) is 18.9 Å². The number of nitrogens with one attached hydrogen (secondary N) is 2. The van der Waals surface area contributed by atoms with Crippen molar-refractivity contribution in [3.05, 3.63) is 191 Å². The topological polar surface area (TPSA) is 132 Å². The number of para-hydroxylation sites is 2. The summed E-state index contributed by atoms with van der Waals surface area (Å²) in [4.78, 5) is 39.8. The highest BCUT2D eigenvalue weighted by atomic mass is 16.5. The third-order valence-electron chi connectivity index (χ3n) is 8.70. The van der Waals surface area contributed by atoms with Crippen LogP contribution in [0.5, 0.6) is 23.0 Å². The van der Waals surface area contributed by atoms with E-state index in [1.807, 2.05) is 121 Å². The monoisotopic (exact) mass is 750 g/mol. The Morgan fingerprint density at radius 3 is 1.23 bits per heavy atom. The fourth-order valence-corrected chi connectivity index (χ4v) is 5.76. The zero-order chi connectivity index (χ0) is 39.0. The third-order valence-corrected chi connectivity index (χ3v) is 8.70. The number of hydrogen-bond acceptors (Lipinski definition) is 7. The van der Waals surface area contributed by atoms with Crippen molar-refractivity contribution >= 4 is 17.8 Å². The van der Waals surface area contributed by atoms with Gasteiger partial charge < -0.3 is 34.7 Å². The minimum absolute atomic E-state index is 0.0686. The van der Waals surface area contributed by atoms with E-state index < -0.39 is 23.8 Å². The number of aliphatic carboxylic acids is 1. The van der Waals surface area contributed by atoms with E-state index in [0.717, 1.165) is 22.3 Å². The summed E-state index contributed by atoms with van der Waals surface area (Å²) >= 11 is 0. The molecule has 0 aromatic heterocycles. The van der Waals surface area contributed by atoms with E-state index >= 15 is 0 Å². The van der Waals surface area contributed by atoms with Crippen LogP contribution in [0.25, 0.3) is 0 Å². The van der Waals surface area contributed by atoms with Crippen LogP contribution in [-0.2, 0) is 31.2 Å². The third kappa shape index (κ3) is 11.0. The van der Waals surface area contributed by atoms with Crippen LogP contribution in [0.15, 0.2) is 158 Å². The van der Waals surface area contributed by atoms with Gasteiger partial charge in [0.25, 0.3) is 11.8 Å². The minimum atomic E-state index is -1.34. The van der Waals surface area contributed by atoms with Gasteiger partial charge in [0, 0.05) is 6.54 Å². The number of hydrogen-bond donors (Lipinski definition) is 3. The molecule has 10 nitrogen and oxygen atoms in total. The van der Waals surface area contributed by atoms with Crippen LogP contribution in [0.4, 0.5) is 0 Å². The van der Waals surface area contributed by atoms with E-state index in [9.17, 15) is 19.5 Å². The normalized spacial score (nSPS) is 11.1. The van der Waals surface area contributed by atoms with E-state index in [2.05, 4.69) is 10.6 Å². The summed E-state index contributed by atoms with van der Waals surface area (Å²) in [5.74, 6) is -1.28. The molecule has 1 atom stereocenters. The predicted octanol–water partition coefficient (Wildman–Crippen LogP) is 8.01. The second-order valence-electron chi connectivity index (χ2n) is 12.8. The minimum Gasteiger partial charge on any atom is -0.485 e. The molecule has 0 radical (unpaired) electrons. The molecule has 0 fully saturated rings. The molecule has 10 heteroatoms. The lowest BCUT2D eigenvalue weighted by Crippen LogP contribution is -2.43. The fourth-order valence-electron chi connectivity index (χ4n) is 5.76. The Kier molecular flexibility index (Phi) is 13.7.